The number of para-hydroxylation sites is 1. The maximum Gasteiger partial charge on any atom is 0.323 e. The second kappa shape index (κ2) is 5.90. The molecule has 20 heavy (non-hydrogen) atoms. The molecule has 0 aliphatic heterocycles. The van der Waals surface area contributed by atoms with Crippen LogP contribution in [-0.2, 0) is 4.79 Å². The molecule has 0 saturated carbocycles. The first-order valence-electron chi connectivity index (χ1n) is 6.87. The first-order valence-corrected chi connectivity index (χ1v) is 6.87. The Hall–Kier alpha value is -2.10. The molecule has 1 aromatic heterocycles. The summed E-state index contributed by atoms with van der Waals surface area (Å²) in [7, 11) is 0. The molecule has 1 unspecified atom stereocenters. The molecule has 0 radical (unpaired) electrons. The van der Waals surface area contributed by atoms with Crippen LogP contribution in [0.4, 0.5) is 5.82 Å². The number of aryl methyl sites for hydroxylation is 1. The normalized spacial score (nSPS) is 12.3. The van der Waals surface area contributed by atoms with Crippen LogP contribution >= 0.6 is 0 Å². The van der Waals surface area contributed by atoms with Crippen LogP contribution in [0.2, 0.25) is 0 Å². The number of hydrogen-bond acceptors (Lipinski definition) is 3. The summed E-state index contributed by atoms with van der Waals surface area (Å²) in [6.45, 7) is 6.03. The van der Waals surface area contributed by atoms with Gasteiger partial charge >= 0.3 is 5.97 Å². The van der Waals surface area contributed by atoms with Crippen LogP contribution in [0.15, 0.2) is 30.3 Å². The van der Waals surface area contributed by atoms with E-state index in [1.54, 1.807) is 0 Å². The first-order chi connectivity index (χ1) is 9.52. The number of rotatable bonds is 5. The summed E-state index contributed by atoms with van der Waals surface area (Å²) in [5, 5.41) is 10.2. The van der Waals surface area contributed by atoms with Crippen molar-refractivity contribution in [1.29, 1.82) is 0 Å². The van der Waals surface area contributed by atoms with Crippen LogP contribution < -0.4 is 4.90 Å². The Morgan fingerprint density at radius 2 is 2.10 bits per heavy atom. The lowest BCUT2D eigenvalue weighted by atomic mass is 10.1. The molecule has 0 aliphatic carbocycles. The lowest BCUT2D eigenvalue weighted by Crippen LogP contribution is -2.38. The van der Waals surface area contributed by atoms with E-state index in [-0.39, 0.29) is 12.6 Å². The van der Waals surface area contributed by atoms with Gasteiger partial charge < -0.3 is 10.0 Å². The molecular formula is C16H20N2O2. The third kappa shape index (κ3) is 2.90. The van der Waals surface area contributed by atoms with Gasteiger partial charge in [-0.2, -0.15) is 0 Å². The largest absolute Gasteiger partial charge is 0.480 e. The molecule has 0 fully saturated rings. The topological polar surface area (TPSA) is 53.4 Å². The van der Waals surface area contributed by atoms with Gasteiger partial charge in [0.2, 0.25) is 0 Å². The lowest BCUT2D eigenvalue weighted by molar-refractivity contribution is -0.135. The van der Waals surface area contributed by atoms with Crippen molar-refractivity contribution in [2.75, 3.05) is 11.4 Å². The average Bonchev–Trinajstić information content (AvgIpc) is 2.43. The monoisotopic (exact) mass is 272 g/mol. The SMILES string of the molecule is CCC(C)N(CC(=O)O)c1nc2ccccc2cc1C. The van der Waals surface area contributed by atoms with Crippen LogP contribution in [-0.4, -0.2) is 28.6 Å². The highest BCUT2D eigenvalue weighted by Crippen LogP contribution is 2.25. The minimum atomic E-state index is -0.834. The molecule has 1 aromatic carbocycles. The molecule has 1 atom stereocenters. The Labute approximate surface area is 119 Å². The van der Waals surface area contributed by atoms with Gasteiger partial charge in [0.05, 0.1) is 5.52 Å². The summed E-state index contributed by atoms with van der Waals surface area (Å²) >= 11 is 0. The minimum absolute atomic E-state index is 0.0266. The van der Waals surface area contributed by atoms with Crippen molar-refractivity contribution in [3.8, 4) is 0 Å². The van der Waals surface area contributed by atoms with E-state index in [1.165, 1.54) is 0 Å². The number of nitrogens with zero attached hydrogens (tertiary/aromatic N) is 2. The van der Waals surface area contributed by atoms with E-state index in [2.05, 4.69) is 18.0 Å². The molecule has 0 saturated heterocycles. The number of fused-ring (bicyclic) bond motifs is 1. The van der Waals surface area contributed by atoms with E-state index in [9.17, 15) is 4.79 Å². The quantitative estimate of drug-likeness (QED) is 0.908. The van der Waals surface area contributed by atoms with E-state index in [4.69, 9.17) is 5.11 Å². The maximum atomic E-state index is 11.1. The van der Waals surface area contributed by atoms with Gasteiger partial charge in [-0.3, -0.25) is 4.79 Å². The van der Waals surface area contributed by atoms with Gasteiger partial charge in [0, 0.05) is 11.4 Å². The molecule has 4 heteroatoms. The standard InChI is InChI=1S/C16H20N2O2/c1-4-12(3)18(10-15(19)20)16-11(2)9-13-7-5-6-8-14(13)17-16/h5-9,12H,4,10H2,1-3H3,(H,19,20). The van der Waals surface area contributed by atoms with Crippen molar-refractivity contribution in [3.05, 3.63) is 35.9 Å². The summed E-state index contributed by atoms with van der Waals surface area (Å²) in [6, 6.07) is 10.1. The number of pyridine rings is 1. The zero-order valence-corrected chi connectivity index (χ0v) is 12.1. The molecule has 1 heterocycles. The Morgan fingerprint density at radius 3 is 2.75 bits per heavy atom. The molecule has 2 rings (SSSR count). The number of hydrogen-bond donors (Lipinski definition) is 1. The molecule has 0 bridgehead atoms. The van der Waals surface area contributed by atoms with Gasteiger partial charge in [0.25, 0.3) is 0 Å². The second-order valence-electron chi connectivity index (χ2n) is 5.10. The Bertz CT molecular complexity index is 625. The summed E-state index contributed by atoms with van der Waals surface area (Å²) in [5.41, 5.74) is 1.90. The van der Waals surface area contributed by atoms with E-state index < -0.39 is 5.97 Å². The van der Waals surface area contributed by atoms with Gasteiger partial charge in [0.1, 0.15) is 12.4 Å². The van der Waals surface area contributed by atoms with Gasteiger partial charge in [-0.05, 0) is 38.0 Å². The van der Waals surface area contributed by atoms with E-state index in [0.717, 1.165) is 28.7 Å². The number of aliphatic carboxylic acids is 1. The highest BCUT2D eigenvalue weighted by atomic mass is 16.4. The van der Waals surface area contributed by atoms with Crippen LogP contribution in [0.3, 0.4) is 0 Å². The highest BCUT2D eigenvalue weighted by molar-refractivity contribution is 5.82. The van der Waals surface area contributed by atoms with Crippen LogP contribution in [0.25, 0.3) is 10.9 Å². The predicted octanol–water partition coefficient (Wildman–Crippen LogP) is 3.23. The maximum absolute atomic E-state index is 11.1. The fraction of sp³-hybridized carbons (Fsp3) is 0.375. The van der Waals surface area contributed by atoms with Crippen molar-refractivity contribution in [2.45, 2.75) is 33.2 Å². The number of carboxylic acid groups (broad SMARTS) is 1. The van der Waals surface area contributed by atoms with Crippen LogP contribution in [0.1, 0.15) is 25.8 Å². The van der Waals surface area contributed by atoms with E-state index in [1.807, 2.05) is 43.0 Å². The fourth-order valence-corrected chi connectivity index (χ4v) is 2.31. The molecule has 106 valence electrons. The summed E-state index contributed by atoms with van der Waals surface area (Å²) in [5.74, 6) is -0.0693. The Morgan fingerprint density at radius 1 is 1.40 bits per heavy atom. The van der Waals surface area contributed by atoms with Crippen molar-refractivity contribution in [3.63, 3.8) is 0 Å². The number of anilines is 1. The zero-order chi connectivity index (χ0) is 14.7. The molecule has 4 nitrogen and oxygen atoms in total. The molecule has 0 spiro atoms. The predicted molar refractivity (Wildman–Crippen MR) is 81.2 cm³/mol. The molecule has 1 N–H and O–H groups in total. The lowest BCUT2D eigenvalue weighted by Gasteiger charge is -2.29. The molecule has 0 aliphatic rings. The Balaban J connectivity index is 2.51. The first kappa shape index (κ1) is 14.3. The van der Waals surface area contributed by atoms with Crippen molar-refractivity contribution in [1.82, 2.24) is 4.98 Å². The van der Waals surface area contributed by atoms with E-state index in [0.29, 0.717) is 0 Å². The van der Waals surface area contributed by atoms with Crippen LogP contribution in [0.5, 0.6) is 0 Å². The smallest absolute Gasteiger partial charge is 0.323 e. The number of aromatic nitrogens is 1. The van der Waals surface area contributed by atoms with E-state index >= 15 is 0 Å². The molecule has 2 aromatic rings. The third-order valence-corrected chi connectivity index (χ3v) is 3.59. The van der Waals surface area contributed by atoms with Gasteiger partial charge in [-0.15, -0.1) is 0 Å². The van der Waals surface area contributed by atoms with Crippen molar-refractivity contribution < 1.29 is 9.90 Å². The Kier molecular flexibility index (Phi) is 4.23. The van der Waals surface area contributed by atoms with Gasteiger partial charge in [0.15, 0.2) is 0 Å². The number of carbonyl (C=O) groups is 1. The second-order valence-corrected chi connectivity index (χ2v) is 5.10. The fourth-order valence-electron chi connectivity index (χ4n) is 2.31. The van der Waals surface area contributed by atoms with Gasteiger partial charge in [-0.1, -0.05) is 25.1 Å². The number of benzene rings is 1. The summed E-state index contributed by atoms with van der Waals surface area (Å²) in [6.07, 6.45) is 0.876. The average molecular weight is 272 g/mol. The highest BCUT2D eigenvalue weighted by Gasteiger charge is 2.19. The van der Waals surface area contributed by atoms with Gasteiger partial charge in [-0.25, -0.2) is 4.98 Å². The summed E-state index contributed by atoms with van der Waals surface area (Å²) < 4.78 is 0. The third-order valence-electron chi connectivity index (χ3n) is 3.59. The van der Waals surface area contributed by atoms with Crippen molar-refractivity contribution >= 4 is 22.7 Å². The molecule has 0 amide bonds. The minimum Gasteiger partial charge on any atom is -0.480 e. The zero-order valence-electron chi connectivity index (χ0n) is 12.1. The number of carboxylic acids is 1. The summed E-state index contributed by atoms with van der Waals surface area (Å²) in [4.78, 5) is 17.6. The molecular weight excluding hydrogens is 252 g/mol. The van der Waals surface area contributed by atoms with Crippen LogP contribution in [0, 0.1) is 6.92 Å². The van der Waals surface area contributed by atoms with Crippen molar-refractivity contribution in [2.24, 2.45) is 0 Å².